The standard InChI is InChI=1S/C22H26F3NO2/c1-16(27)21(2,3)28-20-11-7-17(8-12-20)13-14-26(4)15-18-5-9-19(10-6-18)22(23,24)25/h5-12H,13-15H2,1-4H3. The normalized spacial score (nSPS) is 12.3. The Labute approximate surface area is 164 Å². The SMILES string of the molecule is CC(=O)C(C)(C)Oc1ccc(CCN(C)Cc2ccc(C(F)(F)F)cc2)cc1. The summed E-state index contributed by atoms with van der Waals surface area (Å²) < 4.78 is 43.6. The van der Waals surface area contributed by atoms with Crippen LogP contribution >= 0.6 is 0 Å². The molecule has 2 aromatic rings. The number of alkyl halides is 3. The number of rotatable bonds is 8. The zero-order valence-electron chi connectivity index (χ0n) is 16.6. The fourth-order valence-corrected chi connectivity index (χ4v) is 2.60. The Hall–Kier alpha value is -2.34. The van der Waals surface area contributed by atoms with Gasteiger partial charge in [0.2, 0.25) is 0 Å². The average molecular weight is 393 g/mol. The maximum Gasteiger partial charge on any atom is 0.416 e. The van der Waals surface area contributed by atoms with Crippen molar-refractivity contribution in [2.24, 2.45) is 0 Å². The van der Waals surface area contributed by atoms with Crippen LogP contribution in [0.2, 0.25) is 0 Å². The van der Waals surface area contributed by atoms with E-state index in [4.69, 9.17) is 4.74 Å². The van der Waals surface area contributed by atoms with Crippen molar-refractivity contribution < 1.29 is 22.7 Å². The van der Waals surface area contributed by atoms with E-state index in [9.17, 15) is 18.0 Å². The number of ether oxygens (including phenoxy) is 1. The first-order valence-electron chi connectivity index (χ1n) is 9.11. The van der Waals surface area contributed by atoms with Crippen LogP contribution in [0.5, 0.6) is 5.75 Å². The molecular formula is C22H26F3NO2. The molecule has 0 radical (unpaired) electrons. The van der Waals surface area contributed by atoms with E-state index in [0.29, 0.717) is 12.3 Å². The number of Topliss-reactive ketones (excluding diaryl/α,β-unsaturated/α-hetero) is 1. The number of likely N-dealkylation sites (N-methyl/N-ethyl adjacent to an activating group) is 1. The fourth-order valence-electron chi connectivity index (χ4n) is 2.60. The van der Waals surface area contributed by atoms with Crippen molar-refractivity contribution >= 4 is 5.78 Å². The van der Waals surface area contributed by atoms with Gasteiger partial charge >= 0.3 is 6.18 Å². The van der Waals surface area contributed by atoms with E-state index in [2.05, 4.69) is 4.90 Å². The summed E-state index contributed by atoms with van der Waals surface area (Å²) in [4.78, 5) is 13.6. The molecule has 0 unspecified atom stereocenters. The number of carbonyl (C=O) groups is 1. The first kappa shape index (κ1) is 22.0. The molecular weight excluding hydrogens is 367 g/mol. The summed E-state index contributed by atoms with van der Waals surface area (Å²) >= 11 is 0. The van der Waals surface area contributed by atoms with Gasteiger partial charge in [0, 0.05) is 13.1 Å². The molecule has 0 aromatic heterocycles. The number of ketones is 1. The minimum atomic E-state index is -4.31. The summed E-state index contributed by atoms with van der Waals surface area (Å²) in [6, 6.07) is 12.9. The Morgan fingerprint density at radius 1 is 0.964 bits per heavy atom. The molecule has 0 N–H and O–H groups in total. The van der Waals surface area contributed by atoms with Gasteiger partial charge in [0.15, 0.2) is 11.4 Å². The molecule has 3 nitrogen and oxygen atoms in total. The highest BCUT2D eigenvalue weighted by atomic mass is 19.4. The molecule has 0 spiro atoms. The molecule has 0 atom stereocenters. The Morgan fingerprint density at radius 3 is 2.00 bits per heavy atom. The van der Waals surface area contributed by atoms with E-state index >= 15 is 0 Å². The Morgan fingerprint density at radius 2 is 1.50 bits per heavy atom. The monoisotopic (exact) mass is 393 g/mol. The van der Waals surface area contributed by atoms with E-state index in [1.54, 1.807) is 13.8 Å². The van der Waals surface area contributed by atoms with Crippen molar-refractivity contribution in [3.63, 3.8) is 0 Å². The van der Waals surface area contributed by atoms with Gasteiger partial charge in [-0.2, -0.15) is 13.2 Å². The summed E-state index contributed by atoms with van der Waals surface area (Å²) in [5.41, 5.74) is 0.468. The average Bonchev–Trinajstić information content (AvgIpc) is 2.60. The van der Waals surface area contributed by atoms with E-state index in [0.717, 1.165) is 36.2 Å². The second-order valence-corrected chi connectivity index (χ2v) is 7.49. The van der Waals surface area contributed by atoms with Crippen LogP contribution in [0.15, 0.2) is 48.5 Å². The van der Waals surface area contributed by atoms with Crippen LogP contribution in [-0.2, 0) is 23.9 Å². The van der Waals surface area contributed by atoms with E-state index < -0.39 is 17.3 Å². The quantitative estimate of drug-likeness (QED) is 0.623. The van der Waals surface area contributed by atoms with Crippen LogP contribution < -0.4 is 4.74 Å². The fraction of sp³-hybridized carbons (Fsp3) is 0.409. The van der Waals surface area contributed by atoms with Crippen LogP contribution in [0.1, 0.15) is 37.5 Å². The highest BCUT2D eigenvalue weighted by Gasteiger charge is 2.30. The van der Waals surface area contributed by atoms with Crippen LogP contribution in [0.3, 0.4) is 0 Å². The van der Waals surface area contributed by atoms with Crippen LogP contribution in [0.4, 0.5) is 13.2 Å². The number of nitrogens with zero attached hydrogens (tertiary/aromatic N) is 1. The van der Waals surface area contributed by atoms with Gasteiger partial charge in [-0.05, 0) is 69.6 Å². The number of hydrogen-bond acceptors (Lipinski definition) is 3. The number of halogens is 3. The van der Waals surface area contributed by atoms with Crippen molar-refractivity contribution in [1.82, 2.24) is 4.90 Å². The molecule has 0 saturated carbocycles. The second kappa shape index (κ2) is 8.78. The number of benzene rings is 2. The third-order valence-electron chi connectivity index (χ3n) is 4.66. The second-order valence-electron chi connectivity index (χ2n) is 7.49. The largest absolute Gasteiger partial charge is 0.480 e. The Kier molecular flexibility index (Phi) is 6.88. The number of hydrogen-bond donors (Lipinski definition) is 0. The smallest absolute Gasteiger partial charge is 0.416 e. The van der Waals surface area contributed by atoms with Crippen LogP contribution in [0, 0.1) is 0 Å². The molecule has 0 aliphatic heterocycles. The minimum Gasteiger partial charge on any atom is -0.480 e. The first-order chi connectivity index (χ1) is 13.0. The van der Waals surface area contributed by atoms with Crippen molar-refractivity contribution in [2.45, 2.75) is 45.5 Å². The predicted octanol–water partition coefficient (Wildman–Crippen LogP) is 5.13. The van der Waals surface area contributed by atoms with Gasteiger partial charge in [0.25, 0.3) is 0 Å². The van der Waals surface area contributed by atoms with Gasteiger partial charge in [0.05, 0.1) is 5.56 Å². The molecule has 0 heterocycles. The molecule has 6 heteroatoms. The molecule has 0 aliphatic rings. The van der Waals surface area contributed by atoms with Gasteiger partial charge in [-0.15, -0.1) is 0 Å². The molecule has 28 heavy (non-hydrogen) atoms. The molecule has 2 aromatic carbocycles. The van der Waals surface area contributed by atoms with Gasteiger partial charge in [-0.25, -0.2) is 0 Å². The summed E-state index contributed by atoms with van der Waals surface area (Å²) in [6.45, 7) is 6.31. The van der Waals surface area contributed by atoms with Crippen molar-refractivity contribution in [3.05, 3.63) is 65.2 Å². The summed E-state index contributed by atoms with van der Waals surface area (Å²) in [6.07, 6.45) is -3.51. The Balaban J connectivity index is 1.85. The maximum absolute atomic E-state index is 12.6. The Bertz CT molecular complexity index is 781. The van der Waals surface area contributed by atoms with Crippen molar-refractivity contribution in [1.29, 1.82) is 0 Å². The molecule has 0 saturated heterocycles. The third-order valence-corrected chi connectivity index (χ3v) is 4.66. The van der Waals surface area contributed by atoms with Crippen LogP contribution in [-0.4, -0.2) is 29.9 Å². The summed E-state index contributed by atoms with van der Waals surface area (Å²) in [5, 5.41) is 0. The lowest BCUT2D eigenvalue weighted by Gasteiger charge is -2.23. The summed E-state index contributed by atoms with van der Waals surface area (Å²) in [7, 11) is 1.94. The van der Waals surface area contributed by atoms with Crippen LogP contribution in [0.25, 0.3) is 0 Å². The first-order valence-corrected chi connectivity index (χ1v) is 9.11. The molecule has 0 fully saturated rings. The predicted molar refractivity (Wildman–Crippen MR) is 103 cm³/mol. The zero-order valence-corrected chi connectivity index (χ0v) is 16.6. The minimum absolute atomic E-state index is 0.0403. The maximum atomic E-state index is 12.6. The lowest BCUT2D eigenvalue weighted by Crippen LogP contribution is -2.36. The highest BCUT2D eigenvalue weighted by Crippen LogP contribution is 2.29. The van der Waals surface area contributed by atoms with E-state index in [1.165, 1.54) is 19.1 Å². The van der Waals surface area contributed by atoms with E-state index in [-0.39, 0.29) is 5.78 Å². The lowest BCUT2D eigenvalue weighted by molar-refractivity contribution is -0.137. The van der Waals surface area contributed by atoms with Gasteiger partial charge in [-0.3, -0.25) is 4.79 Å². The molecule has 0 aliphatic carbocycles. The topological polar surface area (TPSA) is 29.5 Å². The molecule has 0 amide bonds. The van der Waals surface area contributed by atoms with Crippen molar-refractivity contribution in [2.75, 3.05) is 13.6 Å². The molecule has 0 bridgehead atoms. The third kappa shape index (κ3) is 6.37. The van der Waals surface area contributed by atoms with Gasteiger partial charge in [0.1, 0.15) is 5.75 Å². The molecule has 152 valence electrons. The molecule has 2 rings (SSSR count). The van der Waals surface area contributed by atoms with Crippen molar-refractivity contribution in [3.8, 4) is 5.75 Å². The lowest BCUT2D eigenvalue weighted by atomic mass is 10.1. The highest BCUT2D eigenvalue weighted by molar-refractivity contribution is 5.84. The zero-order chi connectivity index (χ0) is 20.9. The van der Waals surface area contributed by atoms with Gasteiger partial charge in [-0.1, -0.05) is 24.3 Å². The van der Waals surface area contributed by atoms with E-state index in [1.807, 2.05) is 31.3 Å². The number of carbonyl (C=O) groups excluding carboxylic acids is 1. The summed E-state index contributed by atoms with van der Waals surface area (Å²) in [5.74, 6) is 0.600. The van der Waals surface area contributed by atoms with Gasteiger partial charge < -0.3 is 9.64 Å².